The topological polar surface area (TPSA) is 62.6 Å². The second-order valence-corrected chi connectivity index (χ2v) is 4.74. The van der Waals surface area contributed by atoms with E-state index in [1.165, 1.54) is 0 Å². The molecule has 1 aromatic heterocycles. The molecule has 2 N–H and O–H groups in total. The lowest BCUT2D eigenvalue weighted by molar-refractivity contribution is 0.309. The Bertz CT molecular complexity index is 739. The summed E-state index contributed by atoms with van der Waals surface area (Å²) in [5, 5.41) is 19.1. The zero-order chi connectivity index (χ0) is 14.7. The normalized spacial score (nSPS) is 10.6. The van der Waals surface area contributed by atoms with Crippen LogP contribution in [-0.4, -0.2) is 22.2 Å². The van der Waals surface area contributed by atoms with Crippen LogP contribution in [-0.2, 0) is 6.61 Å². The largest absolute Gasteiger partial charge is 0.488 e. The first-order chi connectivity index (χ1) is 10.2. The van der Waals surface area contributed by atoms with Crippen molar-refractivity contribution in [3.05, 3.63) is 66.4 Å². The van der Waals surface area contributed by atoms with E-state index < -0.39 is 7.12 Å². The lowest BCUT2D eigenvalue weighted by Crippen LogP contribution is -2.29. The highest BCUT2D eigenvalue weighted by atomic mass is 16.5. The average Bonchev–Trinajstić information content (AvgIpc) is 2.53. The third-order valence-corrected chi connectivity index (χ3v) is 3.27. The highest BCUT2D eigenvalue weighted by Gasteiger charge is 2.10. The van der Waals surface area contributed by atoms with Gasteiger partial charge in [0.1, 0.15) is 17.9 Å². The summed E-state index contributed by atoms with van der Waals surface area (Å²) in [4.78, 5) is 4.34. The zero-order valence-electron chi connectivity index (χ0n) is 11.3. The molecule has 0 amide bonds. The Morgan fingerprint density at radius 3 is 2.48 bits per heavy atom. The van der Waals surface area contributed by atoms with Crippen molar-refractivity contribution in [2.45, 2.75) is 6.61 Å². The third-order valence-electron chi connectivity index (χ3n) is 3.27. The van der Waals surface area contributed by atoms with E-state index in [4.69, 9.17) is 14.8 Å². The van der Waals surface area contributed by atoms with Crippen LogP contribution in [0.5, 0.6) is 5.75 Å². The summed E-state index contributed by atoms with van der Waals surface area (Å²) in [5.41, 5.74) is 2.25. The maximum Gasteiger partial charge on any atom is 0.488 e. The molecule has 0 atom stereocenters. The van der Waals surface area contributed by atoms with Gasteiger partial charge in [0.2, 0.25) is 0 Å². The zero-order valence-corrected chi connectivity index (χ0v) is 11.3. The number of pyridine rings is 1. The van der Waals surface area contributed by atoms with Crippen LogP contribution in [0.2, 0.25) is 0 Å². The average molecular weight is 279 g/mol. The first-order valence-corrected chi connectivity index (χ1v) is 6.65. The van der Waals surface area contributed by atoms with E-state index in [1.54, 1.807) is 18.3 Å². The predicted octanol–water partition coefficient (Wildman–Crippen LogP) is 1.49. The molecule has 0 saturated carbocycles. The maximum absolute atomic E-state index is 9.06. The molecule has 3 aromatic rings. The van der Waals surface area contributed by atoms with Gasteiger partial charge in [0.05, 0.1) is 0 Å². The van der Waals surface area contributed by atoms with E-state index in [-0.39, 0.29) is 0 Å². The molecule has 0 saturated heterocycles. The Hall–Kier alpha value is -2.37. The van der Waals surface area contributed by atoms with Crippen molar-refractivity contribution in [1.29, 1.82) is 0 Å². The maximum atomic E-state index is 9.06. The van der Waals surface area contributed by atoms with Gasteiger partial charge in [-0.3, -0.25) is 4.98 Å². The minimum absolute atomic E-state index is 0.400. The Kier molecular flexibility index (Phi) is 3.86. The van der Waals surface area contributed by atoms with Crippen molar-refractivity contribution in [3.63, 3.8) is 0 Å². The number of para-hydroxylation sites is 1. The van der Waals surface area contributed by atoms with Crippen molar-refractivity contribution in [3.8, 4) is 5.75 Å². The third kappa shape index (κ3) is 3.04. The molecule has 0 aliphatic carbocycles. The quantitative estimate of drug-likeness (QED) is 0.710. The van der Waals surface area contributed by atoms with Gasteiger partial charge < -0.3 is 14.8 Å². The monoisotopic (exact) mass is 279 g/mol. The second kappa shape index (κ2) is 5.95. The fourth-order valence-corrected chi connectivity index (χ4v) is 2.14. The van der Waals surface area contributed by atoms with Gasteiger partial charge in [-0.1, -0.05) is 42.5 Å². The lowest BCUT2D eigenvalue weighted by atomic mass is 9.80. The van der Waals surface area contributed by atoms with Crippen LogP contribution in [0.3, 0.4) is 0 Å². The van der Waals surface area contributed by atoms with Crippen LogP contribution in [0.15, 0.2) is 60.8 Å². The molecule has 1 heterocycles. The molecule has 3 rings (SSSR count). The highest BCUT2D eigenvalue weighted by molar-refractivity contribution is 6.58. The van der Waals surface area contributed by atoms with Gasteiger partial charge in [-0.25, -0.2) is 0 Å². The van der Waals surface area contributed by atoms with Crippen LogP contribution in [0.1, 0.15) is 5.56 Å². The first-order valence-electron chi connectivity index (χ1n) is 6.65. The predicted molar refractivity (Wildman–Crippen MR) is 82.3 cm³/mol. The molecule has 104 valence electrons. The van der Waals surface area contributed by atoms with E-state index in [2.05, 4.69) is 4.98 Å². The Morgan fingerprint density at radius 2 is 1.71 bits per heavy atom. The van der Waals surface area contributed by atoms with E-state index in [0.29, 0.717) is 12.1 Å². The standard InChI is InChI=1S/C16H14BNO3/c19-17(20)14-8-6-12(7-9-14)11-21-15-5-1-3-13-4-2-10-18-16(13)15/h1-10,19-20H,11H2. The Balaban J connectivity index is 1.77. The van der Waals surface area contributed by atoms with Crippen molar-refractivity contribution < 1.29 is 14.8 Å². The van der Waals surface area contributed by atoms with E-state index >= 15 is 0 Å². The molecule has 0 aliphatic rings. The molecule has 21 heavy (non-hydrogen) atoms. The SMILES string of the molecule is OB(O)c1ccc(COc2cccc3cccnc23)cc1. The van der Waals surface area contributed by atoms with Gasteiger partial charge >= 0.3 is 7.12 Å². The number of hydrogen-bond acceptors (Lipinski definition) is 4. The Morgan fingerprint density at radius 1 is 0.952 bits per heavy atom. The summed E-state index contributed by atoms with van der Waals surface area (Å²) in [6, 6.07) is 16.7. The van der Waals surface area contributed by atoms with Gasteiger partial charge in [0.15, 0.2) is 0 Å². The number of ether oxygens (including phenoxy) is 1. The number of rotatable bonds is 4. The molecule has 5 heteroatoms. The van der Waals surface area contributed by atoms with E-state index in [9.17, 15) is 0 Å². The fraction of sp³-hybridized carbons (Fsp3) is 0.0625. The summed E-state index contributed by atoms with van der Waals surface area (Å²) in [5.74, 6) is 0.736. The summed E-state index contributed by atoms with van der Waals surface area (Å²) in [6.45, 7) is 0.400. The molecule has 0 spiro atoms. The smallest absolute Gasteiger partial charge is 0.487 e. The minimum Gasteiger partial charge on any atom is -0.487 e. The number of benzene rings is 2. The Labute approximate surface area is 122 Å². The molecule has 0 radical (unpaired) electrons. The second-order valence-electron chi connectivity index (χ2n) is 4.74. The number of aromatic nitrogens is 1. The molecule has 4 nitrogen and oxygen atoms in total. The van der Waals surface area contributed by atoms with Crippen molar-refractivity contribution >= 4 is 23.5 Å². The number of fused-ring (bicyclic) bond motifs is 1. The van der Waals surface area contributed by atoms with Crippen LogP contribution in [0.25, 0.3) is 10.9 Å². The molecule has 2 aromatic carbocycles. The van der Waals surface area contributed by atoms with Gasteiger partial charge in [-0.15, -0.1) is 0 Å². The van der Waals surface area contributed by atoms with Crippen LogP contribution in [0.4, 0.5) is 0 Å². The number of hydrogen-bond donors (Lipinski definition) is 2. The molecule has 0 aliphatic heterocycles. The van der Waals surface area contributed by atoms with Gasteiger partial charge in [0, 0.05) is 11.6 Å². The van der Waals surface area contributed by atoms with Crippen LogP contribution in [0, 0.1) is 0 Å². The van der Waals surface area contributed by atoms with Gasteiger partial charge in [-0.2, -0.15) is 0 Å². The summed E-state index contributed by atoms with van der Waals surface area (Å²) >= 11 is 0. The highest BCUT2D eigenvalue weighted by Crippen LogP contribution is 2.23. The summed E-state index contributed by atoms with van der Waals surface area (Å²) in [7, 11) is -1.44. The minimum atomic E-state index is -1.44. The summed E-state index contributed by atoms with van der Waals surface area (Å²) in [6.07, 6.45) is 1.74. The molecule has 0 bridgehead atoms. The van der Waals surface area contributed by atoms with E-state index in [0.717, 1.165) is 22.2 Å². The molecular formula is C16H14BNO3. The van der Waals surface area contributed by atoms with Crippen molar-refractivity contribution in [1.82, 2.24) is 4.98 Å². The van der Waals surface area contributed by atoms with Gasteiger partial charge in [0.25, 0.3) is 0 Å². The molecule has 0 unspecified atom stereocenters. The van der Waals surface area contributed by atoms with Gasteiger partial charge in [-0.05, 0) is 23.2 Å². The summed E-state index contributed by atoms with van der Waals surface area (Å²) < 4.78 is 5.82. The molecule has 0 fully saturated rings. The van der Waals surface area contributed by atoms with Crippen LogP contribution < -0.4 is 10.2 Å². The lowest BCUT2D eigenvalue weighted by Gasteiger charge is -2.09. The molecular weight excluding hydrogens is 265 g/mol. The van der Waals surface area contributed by atoms with Crippen molar-refractivity contribution in [2.24, 2.45) is 0 Å². The van der Waals surface area contributed by atoms with Crippen LogP contribution >= 0.6 is 0 Å². The number of nitrogens with zero attached hydrogens (tertiary/aromatic N) is 1. The fourth-order valence-electron chi connectivity index (χ4n) is 2.14. The van der Waals surface area contributed by atoms with Crippen molar-refractivity contribution in [2.75, 3.05) is 0 Å². The first kappa shape index (κ1) is 13.6. The van der Waals surface area contributed by atoms with E-state index in [1.807, 2.05) is 42.5 Å².